The first-order chi connectivity index (χ1) is 7.34. The fourth-order valence-corrected chi connectivity index (χ4v) is 2.75. The van der Waals surface area contributed by atoms with Gasteiger partial charge in [0.1, 0.15) is 0 Å². The van der Waals surface area contributed by atoms with Gasteiger partial charge in [0.15, 0.2) is 0 Å². The van der Waals surface area contributed by atoms with Gasteiger partial charge in [0, 0.05) is 10.3 Å². The van der Waals surface area contributed by atoms with Gasteiger partial charge in [0.25, 0.3) is 0 Å². The summed E-state index contributed by atoms with van der Waals surface area (Å²) < 4.78 is 0. The molecule has 0 unspecified atom stereocenters. The molecule has 0 bridgehead atoms. The molecule has 0 aliphatic rings. The van der Waals surface area contributed by atoms with Gasteiger partial charge in [-0.15, -0.1) is 11.3 Å². The zero-order valence-corrected chi connectivity index (χ0v) is 11.1. The molecule has 0 saturated carbocycles. The number of hydrogen-bond donors (Lipinski definition) is 1. The van der Waals surface area contributed by atoms with E-state index in [0.29, 0.717) is 6.42 Å². The summed E-state index contributed by atoms with van der Waals surface area (Å²) >= 11 is 1.65. The van der Waals surface area contributed by atoms with Crippen LogP contribution in [0.2, 0.25) is 0 Å². The summed E-state index contributed by atoms with van der Waals surface area (Å²) in [6.45, 7) is 8.43. The Labute approximate surface area is 101 Å². The number of rotatable bonds is 4. The molecule has 0 aliphatic carbocycles. The van der Waals surface area contributed by atoms with Crippen LogP contribution < -0.4 is 0 Å². The number of carboxylic acid groups (broad SMARTS) is 1. The van der Waals surface area contributed by atoms with Crippen molar-refractivity contribution in [2.45, 2.75) is 52.4 Å². The van der Waals surface area contributed by atoms with Gasteiger partial charge >= 0.3 is 5.97 Å². The maximum atomic E-state index is 10.6. The van der Waals surface area contributed by atoms with Gasteiger partial charge in [0.05, 0.1) is 17.1 Å². The third-order valence-electron chi connectivity index (χ3n) is 2.32. The van der Waals surface area contributed by atoms with E-state index in [4.69, 9.17) is 5.11 Å². The predicted octanol–water partition coefficient (Wildman–Crippen LogP) is 3.02. The van der Waals surface area contributed by atoms with Crippen molar-refractivity contribution < 1.29 is 9.90 Å². The molecule has 1 heterocycles. The normalized spacial score (nSPS) is 11.8. The zero-order chi connectivity index (χ0) is 12.3. The average Bonchev–Trinajstić information content (AvgIpc) is 2.57. The minimum absolute atomic E-state index is 0.00223. The van der Waals surface area contributed by atoms with Crippen LogP contribution in [0.1, 0.15) is 49.7 Å². The maximum Gasteiger partial charge on any atom is 0.303 e. The van der Waals surface area contributed by atoms with E-state index in [-0.39, 0.29) is 11.8 Å². The fourth-order valence-electron chi connectivity index (χ4n) is 1.53. The van der Waals surface area contributed by atoms with Crippen molar-refractivity contribution in [3.63, 3.8) is 0 Å². The highest BCUT2D eigenvalue weighted by Gasteiger charge is 2.22. The topological polar surface area (TPSA) is 50.2 Å². The van der Waals surface area contributed by atoms with Gasteiger partial charge in [-0.3, -0.25) is 4.79 Å². The molecule has 0 amide bonds. The summed E-state index contributed by atoms with van der Waals surface area (Å²) in [5.41, 5.74) is 1.06. The lowest BCUT2D eigenvalue weighted by molar-refractivity contribution is -0.136. The number of carboxylic acids is 1. The number of aryl methyl sites for hydroxylation is 2. The Kier molecular flexibility index (Phi) is 4.08. The van der Waals surface area contributed by atoms with Crippen molar-refractivity contribution in [3.8, 4) is 0 Å². The molecule has 1 N–H and O–H groups in total. The first-order valence-electron chi connectivity index (χ1n) is 5.55. The van der Waals surface area contributed by atoms with Gasteiger partial charge in [-0.1, -0.05) is 27.7 Å². The number of aliphatic carboxylic acids is 1. The van der Waals surface area contributed by atoms with Crippen LogP contribution in [0.3, 0.4) is 0 Å². The van der Waals surface area contributed by atoms with Crippen molar-refractivity contribution in [1.82, 2.24) is 4.98 Å². The zero-order valence-electron chi connectivity index (χ0n) is 10.3. The molecule has 4 heteroatoms. The van der Waals surface area contributed by atoms with E-state index in [2.05, 4.69) is 32.7 Å². The lowest BCUT2D eigenvalue weighted by Crippen LogP contribution is -2.14. The minimum Gasteiger partial charge on any atom is -0.481 e. The van der Waals surface area contributed by atoms with Crippen LogP contribution in [0.15, 0.2) is 0 Å². The molecule has 0 atom stereocenters. The molecule has 90 valence electrons. The summed E-state index contributed by atoms with van der Waals surface area (Å²) in [5.74, 6) is -0.744. The lowest BCUT2D eigenvalue weighted by Gasteiger charge is -2.17. The monoisotopic (exact) mass is 241 g/mol. The summed E-state index contributed by atoms with van der Waals surface area (Å²) in [6, 6.07) is 0. The molecule has 0 fully saturated rings. The SMILES string of the molecule is CCc1nc(C(C)(C)C)c(CCC(=O)O)s1. The van der Waals surface area contributed by atoms with E-state index in [1.165, 1.54) is 0 Å². The van der Waals surface area contributed by atoms with Crippen molar-refractivity contribution in [2.24, 2.45) is 0 Å². The van der Waals surface area contributed by atoms with Crippen LogP contribution in [0.4, 0.5) is 0 Å². The highest BCUT2D eigenvalue weighted by Crippen LogP contribution is 2.30. The van der Waals surface area contributed by atoms with Crippen LogP contribution in [0.25, 0.3) is 0 Å². The molecule has 3 nitrogen and oxygen atoms in total. The van der Waals surface area contributed by atoms with Crippen molar-refractivity contribution in [3.05, 3.63) is 15.6 Å². The van der Waals surface area contributed by atoms with E-state index < -0.39 is 5.97 Å². The molecule has 0 spiro atoms. The summed E-state index contributed by atoms with van der Waals surface area (Å²) in [4.78, 5) is 16.3. The van der Waals surface area contributed by atoms with E-state index in [1.807, 2.05) is 0 Å². The smallest absolute Gasteiger partial charge is 0.303 e. The number of thiazole rings is 1. The molecule has 1 aromatic rings. The Morgan fingerprint density at radius 3 is 2.50 bits per heavy atom. The molecule has 1 aromatic heterocycles. The molecule has 1 rings (SSSR count). The predicted molar refractivity (Wildman–Crippen MR) is 66.1 cm³/mol. The molecule has 0 radical (unpaired) electrons. The number of nitrogens with zero attached hydrogens (tertiary/aromatic N) is 1. The van der Waals surface area contributed by atoms with Crippen molar-refractivity contribution >= 4 is 17.3 Å². The number of aromatic nitrogens is 1. The first kappa shape index (κ1) is 13.2. The first-order valence-corrected chi connectivity index (χ1v) is 6.37. The summed E-state index contributed by atoms with van der Waals surface area (Å²) in [6.07, 6.45) is 1.70. The average molecular weight is 241 g/mol. The largest absolute Gasteiger partial charge is 0.481 e. The fraction of sp³-hybridized carbons (Fsp3) is 0.667. The van der Waals surface area contributed by atoms with Crippen LogP contribution in [-0.2, 0) is 23.1 Å². The summed E-state index contributed by atoms with van der Waals surface area (Å²) in [7, 11) is 0. The van der Waals surface area contributed by atoms with Gasteiger partial charge < -0.3 is 5.11 Å². The Morgan fingerprint density at radius 1 is 1.44 bits per heavy atom. The highest BCUT2D eigenvalue weighted by atomic mass is 32.1. The standard InChI is InChI=1S/C12H19NO2S/c1-5-9-13-11(12(2,3)4)8(16-9)6-7-10(14)15/h5-7H2,1-4H3,(H,14,15). The molecular weight excluding hydrogens is 222 g/mol. The van der Waals surface area contributed by atoms with E-state index in [1.54, 1.807) is 11.3 Å². The quantitative estimate of drug-likeness (QED) is 0.881. The van der Waals surface area contributed by atoms with E-state index >= 15 is 0 Å². The number of hydrogen-bond acceptors (Lipinski definition) is 3. The Morgan fingerprint density at radius 2 is 2.06 bits per heavy atom. The third-order valence-corrected chi connectivity index (χ3v) is 3.58. The molecule has 0 aromatic carbocycles. The molecule has 16 heavy (non-hydrogen) atoms. The lowest BCUT2D eigenvalue weighted by atomic mass is 9.90. The van der Waals surface area contributed by atoms with Crippen molar-refractivity contribution in [2.75, 3.05) is 0 Å². The van der Waals surface area contributed by atoms with E-state index in [0.717, 1.165) is 22.0 Å². The second-order valence-electron chi connectivity index (χ2n) is 4.88. The van der Waals surface area contributed by atoms with Gasteiger partial charge in [-0.2, -0.15) is 0 Å². The maximum absolute atomic E-state index is 10.6. The van der Waals surface area contributed by atoms with Crippen LogP contribution in [-0.4, -0.2) is 16.1 Å². The van der Waals surface area contributed by atoms with Crippen molar-refractivity contribution in [1.29, 1.82) is 0 Å². The van der Waals surface area contributed by atoms with Crippen LogP contribution >= 0.6 is 11.3 Å². The van der Waals surface area contributed by atoms with Crippen LogP contribution in [0.5, 0.6) is 0 Å². The molecule has 0 aliphatic heterocycles. The van der Waals surface area contributed by atoms with E-state index in [9.17, 15) is 4.79 Å². The Bertz CT molecular complexity index is 377. The van der Waals surface area contributed by atoms with Gasteiger partial charge in [0.2, 0.25) is 0 Å². The molecule has 0 saturated heterocycles. The summed E-state index contributed by atoms with van der Waals surface area (Å²) in [5, 5.41) is 9.82. The molecular formula is C12H19NO2S. The van der Waals surface area contributed by atoms with Gasteiger partial charge in [-0.05, 0) is 12.8 Å². The van der Waals surface area contributed by atoms with Crippen LogP contribution in [0, 0.1) is 0 Å². The minimum atomic E-state index is -0.744. The Balaban J connectivity index is 2.96. The number of carbonyl (C=O) groups is 1. The third kappa shape index (κ3) is 3.30. The Hall–Kier alpha value is -0.900. The highest BCUT2D eigenvalue weighted by molar-refractivity contribution is 7.11. The second kappa shape index (κ2) is 4.95. The second-order valence-corrected chi connectivity index (χ2v) is 6.04. The van der Waals surface area contributed by atoms with Gasteiger partial charge in [-0.25, -0.2) is 4.98 Å².